The van der Waals surface area contributed by atoms with Crippen molar-refractivity contribution in [3.8, 4) is 0 Å². The van der Waals surface area contributed by atoms with Crippen molar-refractivity contribution < 1.29 is 4.79 Å². The number of nitrogens with one attached hydrogen (secondary N) is 1. The van der Waals surface area contributed by atoms with Crippen molar-refractivity contribution in [1.29, 1.82) is 0 Å². The van der Waals surface area contributed by atoms with Gasteiger partial charge in [0, 0.05) is 23.6 Å². The van der Waals surface area contributed by atoms with E-state index in [4.69, 9.17) is 21.6 Å². The molecule has 5 nitrogen and oxygen atoms in total. The Balaban J connectivity index is 1.48. The predicted molar refractivity (Wildman–Crippen MR) is 96.1 cm³/mol. The Labute approximate surface area is 149 Å². The van der Waals surface area contributed by atoms with E-state index in [0.29, 0.717) is 28.2 Å². The maximum absolute atomic E-state index is 12.5. The van der Waals surface area contributed by atoms with Crippen LogP contribution in [0.5, 0.6) is 0 Å². The van der Waals surface area contributed by atoms with E-state index in [2.05, 4.69) is 10.3 Å². The summed E-state index contributed by atoms with van der Waals surface area (Å²) in [6.45, 7) is 0. The average Bonchev–Trinajstić information content (AvgIpc) is 3.23. The molecule has 25 heavy (non-hydrogen) atoms. The summed E-state index contributed by atoms with van der Waals surface area (Å²) in [5.74, 6) is 1.37. The van der Waals surface area contributed by atoms with Crippen LogP contribution in [0.2, 0.25) is 5.02 Å². The van der Waals surface area contributed by atoms with Crippen molar-refractivity contribution in [3.05, 3.63) is 58.5 Å². The summed E-state index contributed by atoms with van der Waals surface area (Å²) in [4.78, 5) is 26.2. The second kappa shape index (κ2) is 5.49. The Hall–Kier alpha value is -2.53. The van der Waals surface area contributed by atoms with E-state index >= 15 is 0 Å². The number of carbonyl (C=O) groups excluding carboxylic acids is 1. The topological polar surface area (TPSA) is 67.8 Å². The molecule has 2 aromatic heterocycles. The first-order valence-electron chi connectivity index (χ1n) is 8.42. The van der Waals surface area contributed by atoms with Crippen LogP contribution in [0.4, 0.5) is 5.82 Å². The minimum Gasteiger partial charge on any atom is -0.307 e. The lowest BCUT2D eigenvalue weighted by molar-refractivity contribution is 0.102. The Morgan fingerprint density at radius 2 is 1.80 bits per heavy atom. The minimum atomic E-state index is -0.222. The summed E-state index contributed by atoms with van der Waals surface area (Å²) in [5.41, 5.74) is 4.49. The molecule has 5 rings (SSSR count). The van der Waals surface area contributed by atoms with Gasteiger partial charge in [0.15, 0.2) is 0 Å². The molecule has 1 aromatic carbocycles. The van der Waals surface area contributed by atoms with Crippen molar-refractivity contribution in [1.82, 2.24) is 15.0 Å². The standard InChI is InChI=1S/C19H15ClN4O/c20-13-4-6-16(21-9-13)24-19(25)12-3-5-14-15(8-12)23-18-11-2-1-10(7-11)17(18)22-14/h3-6,8-11H,1-2,7H2,(H,21,24,25). The molecule has 0 spiro atoms. The lowest BCUT2D eigenvalue weighted by Gasteiger charge is -2.14. The van der Waals surface area contributed by atoms with Crippen molar-refractivity contribution in [3.63, 3.8) is 0 Å². The molecule has 1 fully saturated rings. The number of aromatic nitrogens is 3. The van der Waals surface area contributed by atoms with Crippen molar-refractivity contribution >= 4 is 34.4 Å². The lowest BCUT2D eigenvalue weighted by Crippen LogP contribution is -2.13. The van der Waals surface area contributed by atoms with Crippen LogP contribution in [0.15, 0.2) is 36.5 Å². The van der Waals surface area contributed by atoms with Crippen LogP contribution >= 0.6 is 11.6 Å². The highest BCUT2D eigenvalue weighted by Crippen LogP contribution is 2.51. The summed E-state index contributed by atoms with van der Waals surface area (Å²) in [6.07, 6.45) is 5.12. The first-order chi connectivity index (χ1) is 12.2. The molecule has 1 N–H and O–H groups in total. The molecule has 124 valence electrons. The summed E-state index contributed by atoms with van der Waals surface area (Å²) >= 11 is 5.81. The van der Waals surface area contributed by atoms with E-state index < -0.39 is 0 Å². The molecule has 6 heteroatoms. The summed E-state index contributed by atoms with van der Waals surface area (Å²) in [5, 5.41) is 3.30. The SMILES string of the molecule is O=C(Nc1ccc(Cl)cn1)c1ccc2nc3c(nc2c1)C1CCC3C1. The molecule has 2 heterocycles. The molecule has 1 saturated carbocycles. The molecule has 2 aliphatic rings. The first kappa shape index (κ1) is 14.8. The van der Waals surface area contributed by atoms with Gasteiger partial charge in [0.05, 0.1) is 27.4 Å². The Bertz CT molecular complexity index is 1000. The number of fused-ring (bicyclic) bond motifs is 6. The van der Waals surface area contributed by atoms with Crippen molar-refractivity contribution in [2.24, 2.45) is 0 Å². The zero-order valence-corrected chi connectivity index (χ0v) is 14.1. The normalized spacial score (nSPS) is 20.7. The van der Waals surface area contributed by atoms with E-state index in [1.54, 1.807) is 24.3 Å². The molecule has 0 aliphatic heterocycles. The summed E-state index contributed by atoms with van der Waals surface area (Å²) in [6, 6.07) is 8.82. The fourth-order valence-corrected chi connectivity index (χ4v) is 4.05. The number of benzene rings is 1. The largest absolute Gasteiger partial charge is 0.307 e. The molecule has 0 saturated heterocycles. The molecule has 2 unspecified atom stereocenters. The van der Waals surface area contributed by atoms with Crippen LogP contribution in [0.3, 0.4) is 0 Å². The molecule has 1 amide bonds. The molecule has 0 radical (unpaired) electrons. The van der Waals surface area contributed by atoms with Crippen molar-refractivity contribution in [2.45, 2.75) is 31.1 Å². The second-order valence-electron chi connectivity index (χ2n) is 6.72. The quantitative estimate of drug-likeness (QED) is 0.748. The van der Waals surface area contributed by atoms with Gasteiger partial charge in [0.25, 0.3) is 5.91 Å². The van der Waals surface area contributed by atoms with Crippen LogP contribution in [0.25, 0.3) is 11.0 Å². The number of carbonyl (C=O) groups is 1. The number of halogens is 1. The minimum absolute atomic E-state index is 0.222. The van der Waals surface area contributed by atoms with Gasteiger partial charge in [0.2, 0.25) is 0 Å². The molecule has 3 aromatic rings. The van der Waals surface area contributed by atoms with Crippen LogP contribution in [-0.2, 0) is 0 Å². The highest BCUT2D eigenvalue weighted by atomic mass is 35.5. The van der Waals surface area contributed by atoms with Crippen molar-refractivity contribution in [2.75, 3.05) is 5.32 Å². The van der Waals surface area contributed by atoms with E-state index in [-0.39, 0.29) is 5.91 Å². The highest BCUT2D eigenvalue weighted by Gasteiger charge is 2.39. The summed E-state index contributed by atoms with van der Waals surface area (Å²) in [7, 11) is 0. The van der Waals surface area contributed by atoms with Gasteiger partial charge in [0.1, 0.15) is 5.82 Å². The van der Waals surface area contributed by atoms with Crippen LogP contribution in [0, 0.1) is 0 Å². The van der Waals surface area contributed by atoms with Gasteiger partial charge in [-0.05, 0) is 49.6 Å². The third-order valence-corrected chi connectivity index (χ3v) is 5.38. The van der Waals surface area contributed by atoms with E-state index in [9.17, 15) is 4.79 Å². The van der Waals surface area contributed by atoms with Gasteiger partial charge in [-0.25, -0.2) is 15.0 Å². The van der Waals surface area contributed by atoms with E-state index in [1.807, 2.05) is 6.07 Å². The first-order valence-corrected chi connectivity index (χ1v) is 8.80. The van der Waals surface area contributed by atoms with Crippen LogP contribution in [-0.4, -0.2) is 20.9 Å². The van der Waals surface area contributed by atoms with Gasteiger partial charge in [-0.2, -0.15) is 0 Å². The third kappa shape index (κ3) is 2.46. The molecule has 2 atom stereocenters. The Morgan fingerprint density at radius 3 is 2.52 bits per heavy atom. The Kier molecular flexibility index (Phi) is 3.25. The number of rotatable bonds is 2. The summed E-state index contributed by atoms with van der Waals surface area (Å²) < 4.78 is 0. The maximum atomic E-state index is 12.5. The zero-order chi connectivity index (χ0) is 17.0. The maximum Gasteiger partial charge on any atom is 0.256 e. The molecular weight excluding hydrogens is 336 g/mol. The number of pyridine rings is 1. The predicted octanol–water partition coefficient (Wildman–Crippen LogP) is 4.30. The van der Waals surface area contributed by atoms with E-state index in [0.717, 1.165) is 16.7 Å². The lowest BCUT2D eigenvalue weighted by atomic mass is 10.00. The number of amides is 1. The number of hydrogen-bond donors (Lipinski definition) is 1. The van der Waals surface area contributed by atoms with Gasteiger partial charge in [-0.1, -0.05) is 11.6 Å². The van der Waals surface area contributed by atoms with Gasteiger partial charge in [-0.15, -0.1) is 0 Å². The van der Waals surface area contributed by atoms with Gasteiger partial charge >= 0.3 is 0 Å². The van der Waals surface area contributed by atoms with Crippen LogP contribution in [0.1, 0.15) is 52.8 Å². The fourth-order valence-electron chi connectivity index (χ4n) is 3.94. The average molecular weight is 351 g/mol. The molecule has 2 aliphatic carbocycles. The zero-order valence-electron chi connectivity index (χ0n) is 13.4. The Morgan fingerprint density at radius 1 is 1.04 bits per heavy atom. The van der Waals surface area contributed by atoms with Gasteiger partial charge < -0.3 is 5.32 Å². The number of anilines is 1. The van der Waals surface area contributed by atoms with Gasteiger partial charge in [-0.3, -0.25) is 4.79 Å². The molecular formula is C19H15ClN4O. The van der Waals surface area contributed by atoms with E-state index in [1.165, 1.54) is 31.2 Å². The smallest absolute Gasteiger partial charge is 0.256 e. The third-order valence-electron chi connectivity index (χ3n) is 5.16. The fraction of sp³-hybridized carbons (Fsp3) is 0.263. The van der Waals surface area contributed by atoms with Crippen LogP contribution < -0.4 is 5.32 Å². The monoisotopic (exact) mass is 350 g/mol. The highest BCUT2D eigenvalue weighted by molar-refractivity contribution is 6.30. The number of hydrogen-bond acceptors (Lipinski definition) is 4. The second-order valence-corrected chi connectivity index (χ2v) is 7.16. The molecule has 2 bridgehead atoms. The number of nitrogens with zero attached hydrogens (tertiary/aromatic N) is 3.